The van der Waals surface area contributed by atoms with Gasteiger partial charge in [0, 0.05) is 15.0 Å². The molecule has 13 heavy (non-hydrogen) atoms. The third-order valence-electron chi connectivity index (χ3n) is 2.45. The molecular weight excluding hydrogens is 249 g/mol. The lowest BCUT2D eigenvalue weighted by Crippen LogP contribution is -2.24. The molecule has 0 atom stereocenters. The van der Waals surface area contributed by atoms with Crippen molar-refractivity contribution in [1.29, 1.82) is 0 Å². The average Bonchev–Trinajstić information content (AvgIpc) is 2.75. The number of rotatable bonds is 2. The topological polar surface area (TPSA) is 26.0 Å². The van der Waals surface area contributed by atoms with E-state index in [4.69, 9.17) is 17.3 Å². The molecule has 0 amide bonds. The predicted octanol–water partition coefficient (Wildman–Crippen LogP) is 3.14. The molecule has 70 valence electrons. The van der Waals surface area contributed by atoms with Crippen molar-refractivity contribution in [3.05, 3.63) is 33.3 Å². The second-order valence-corrected chi connectivity index (χ2v) is 5.10. The Hall–Kier alpha value is -0.0500. The molecule has 1 aromatic rings. The summed E-state index contributed by atoms with van der Waals surface area (Å²) < 4.78 is 1.02. The van der Waals surface area contributed by atoms with Gasteiger partial charge in [-0.1, -0.05) is 33.6 Å². The first-order chi connectivity index (χ1) is 6.09. The van der Waals surface area contributed by atoms with E-state index in [2.05, 4.69) is 15.9 Å². The van der Waals surface area contributed by atoms with Crippen LogP contribution in [-0.2, 0) is 6.42 Å². The molecule has 0 aromatic heterocycles. The van der Waals surface area contributed by atoms with Crippen molar-refractivity contribution in [3.8, 4) is 0 Å². The van der Waals surface area contributed by atoms with Crippen LogP contribution in [0.15, 0.2) is 22.7 Å². The van der Waals surface area contributed by atoms with Gasteiger partial charge < -0.3 is 5.73 Å². The first-order valence-corrected chi connectivity index (χ1v) is 5.49. The van der Waals surface area contributed by atoms with Crippen LogP contribution in [0.5, 0.6) is 0 Å². The van der Waals surface area contributed by atoms with Gasteiger partial charge in [-0.15, -0.1) is 0 Å². The van der Waals surface area contributed by atoms with Gasteiger partial charge in [-0.2, -0.15) is 0 Å². The zero-order valence-corrected chi connectivity index (χ0v) is 9.53. The van der Waals surface area contributed by atoms with Gasteiger partial charge in [0.2, 0.25) is 0 Å². The van der Waals surface area contributed by atoms with E-state index in [0.29, 0.717) is 0 Å². The van der Waals surface area contributed by atoms with Crippen molar-refractivity contribution in [3.63, 3.8) is 0 Å². The van der Waals surface area contributed by atoms with Gasteiger partial charge >= 0.3 is 0 Å². The molecule has 1 fully saturated rings. The smallest absolute Gasteiger partial charge is 0.0449 e. The Labute approximate surface area is 91.4 Å². The van der Waals surface area contributed by atoms with Crippen LogP contribution in [0.25, 0.3) is 0 Å². The molecule has 0 spiro atoms. The molecule has 1 aromatic carbocycles. The normalized spacial score (nSPS) is 18.7. The monoisotopic (exact) mass is 259 g/mol. The molecule has 2 N–H and O–H groups in total. The zero-order chi connectivity index (χ0) is 9.47. The Morgan fingerprint density at radius 1 is 1.46 bits per heavy atom. The lowest BCUT2D eigenvalue weighted by Gasteiger charge is -2.09. The summed E-state index contributed by atoms with van der Waals surface area (Å²) in [5.41, 5.74) is 7.21. The van der Waals surface area contributed by atoms with Crippen LogP contribution >= 0.6 is 27.5 Å². The summed E-state index contributed by atoms with van der Waals surface area (Å²) in [7, 11) is 0. The van der Waals surface area contributed by atoms with Crippen molar-refractivity contribution in [2.24, 2.45) is 5.73 Å². The first kappa shape index (κ1) is 9.50. The Bertz CT molecular complexity index is 334. The number of hydrogen-bond donors (Lipinski definition) is 1. The van der Waals surface area contributed by atoms with Crippen molar-refractivity contribution in [2.45, 2.75) is 24.8 Å². The number of nitrogens with two attached hydrogens (primary N) is 1. The van der Waals surface area contributed by atoms with E-state index in [1.54, 1.807) is 0 Å². The van der Waals surface area contributed by atoms with E-state index < -0.39 is 0 Å². The van der Waals surface area contributed by atoms with Gasteiger partial charge in [-0.25, -0.2) is 0 Å². The Kier molecular flexibility index (Phi) is 2.39. The minimum Gasteiger partial charge on any atom is -0.325 e. The quantitative estimate of drug-likeness (QED) is 0.869. The highest BCUT2D eigenvalue weighted by atomic mass is 79.9. The highest BCUT2D eigenvalue weighted by Crippen LogP contribution is 2.37. The third-order valence-corrected chi connectivity index (χ3v) is 3.29. The lowest BCUT2D eigenvalue weighted by atomic mass is 10.1. The predicted molar refractivity (Wildman–Crippen MR) is 59.0 cm³/mol. The summed E-state index contributed by atoms with van der Waals surface area (Å²) in [6, 6.07) is 5.97. The fourth-order valence-corrected chi connectivity index (χ4v) is 2.12. The fourth-order valence-electron chi connectivity index (χ4n) is 1.38. The van der Waals surface area contributed by atoms with Crippen LogP contribution in [0, 0.1) is 0 Å². The maximum absolute atomic E-state index is 6.08. The van der Waals surface area contributed by atoms with E-state index in [-0.39, 0.29) is 5.54 Å². The van der Waals surface area contributed by atoms with Gasteiger partial charge in [-0.3, -0.25) is 0 Å². The molecule has 0 radical (unpaired) electrons. The maximum Gasteiger partial charge on any atom is 0.0449 e. The Morgan fingerprint density at radius 3 is 2.69 bits per heavy atom. The summed E-state index contributed by atoms with van der Waals surface area (Å²) in [6.45, 7) is 0. The highest BCUT2D eigenvalue weighted by molar-refractivity contribution is 9.10. The summed E-state index contributed by atoms with van der Waals surface area (Å²) >= 11 is 9.45. The van der Waals surface area contributed by atoms with Gasteiger partial charge in [0.05, 0.1) is 0 Å². The lowest BCUT2D eigenvalue weighted by molar-refractivity contribution is 0.672. The molecule has 1 nitrogen and oxygen atoms in total. The average molecular weight is 261 g/mol. The summed E-state index contributed by atoms with van der Waals surface area (Å²) in [4.78, 5) is 0. The molecule has 0 aliphatic heterocycles. The maximum atomic E-state index is 6.08. The van der Waals surface area contributed by atoms with Crippen molar-refractivity contribution >= 4 is 27.5 Å². The Balaban J connectivity index is 2.20. The molecule has 3 heteroatoms. The molecule has 1 aliphatic carbocycles. The summed E-state index contributed by atoms with van der Waals surface area (Å²) in [6.07, 6.45) is 3.15. The molecule has 1 aliphatic rings. The second kappa shape index (κ2) is 3.26. The van der Waals surface area contributed by atoms with E-state index in [1.165, 1.54) is 0 Å². The molecule has 0 unspecified atom stereocenters. The van der Waals surface area contributed by atoms with Crippen LogP contribution in [0.4, 0.5) is 0 Å². The largest absolute Gasteiger partial charge is 0.325 e. The molecule has 0 saturated heterocycles. The fraction of sp³-hybridized carbons (Fsp3) is 0.400. The van der Waals surface area contributed by atoms with Crippen LogP contribution in [0.1, 0.15) is 18.4 Å². The van der Waals surface area contributed by atoms with Crippen LogP contribution in [0.3, 0.4) is 0 Å². The van der Waals surface area contributed by atoms with Gasteiger partial charge in [-0.05, 0) is 37.0 Å². The van der Waals surface area contributed by atoms with Crippen molar-refractivity contribution in [2.75, 3.05) is 0 Å². The number of hydrogen-bond acceptors (Lipinski definition) is 1. The third kappa shape index (κ3) is 2.25. The molecular formula is C10H11BrClN. The van der Waals surface area contributed by atoms with E-state index in [1.807, 2.05) is 18.2 Å². The minimum atomic E-state index is 0.0392. The van der Waals surface area contributed by atoms with Crippen molar-refractivity contribution in [1.82, 2.24) is 0 Å². The molecule has 1 saturated carbocycles. The highest BCUT2D eigenvalue weighted by Gasteiger charge is 2.38. The summed E-state index contributed by atoms with van der Waals surface area (Å²) in [5.74, 6) is 0. The standard InChI is InChI=1S/C10H11BrClN/c11-8-2-1-7(9(12)5-8)6-10(13)3-4-10/h1-2,5H,3-4,6,13H2. The first-order valence-electron chi connectivity index (χ1n) is 4.32. The summed E-state index contributed by atoms with van der Waals surface area (Å²) in [5, 5.41) is 0.811. The van der Waals surface area contributed by atoms with Crippen LogP contribution in [-0.4, -0.2) is 5.54 Å². The van der Waals surface area contributed by atoms with E-state index in [9.17, 15) is 0 Å². The van der Waals surface area contributed by atoms with E-state index >= 15 is 0 Å². The second-order valence-electron chi connectivity index (χ2n) is 3.77. The van der Waals surface area contributed by atoms with Gasteiger partial charge in [0.1, 0.15) is 0 Å². The molecule has 2 rings (SSSR count). The molecule has 0 heterocycles. The zero-order valence-electron chi connectivity index (χ0n) is 7.19. The van der Waals surface area contributed by atoms with Gasteiger partial charge in [0.15, 0.2) is 0 Å². The van der Waals surface area contributed by atoms with Gasteiger partial charge in [0.25, 0.3) is 0 Å². The number of benzene rings is 1. The van der Waals surface area contributed by atoms with Crippen LogP contribution in [0.2, 0.25) is 5.02 Å². The van der Waals surface area contributed by atoms with E-state index in [0.717, 1.165) is 34.3 Å². The SMILES string of the molecule is NC1(Cc2ccc(Br)cc2Cl)CC1. The van der Waals surface area contributed by atoms with Crippen LogP contribution < -0.4 is 5.73 Å². The number of halogens is 2. The molecule has 0 bridgehead atoms. The minimum absolute atomic E-state index is 0.0392. The van der Waals surface area contributed by atoms with Crippen molar-refractivity contribution < 1.29 is 0 Å². The Morgan fingerprint density at radius 2 is 2.15 bits per heavy atom.